The Morgan fingerprint density at radius 3 is 3.00 bits per heavy atom. The number of hydrogen-bond donors (Lipinski definition) is 2. The van der Waals surface area contributed by atoms with Crippen molar-refractivity contribution in [2.75, 3.05) is 0 Å². The molecule has 3 heterocycles. The van der Waals surface area contributed by atoms with Crippen LogP contribution in [0.5, 0.6) is 0 Å². The highest BCUT2D eigenvalue weighted by atomic mass is 32.1. The molecule has 0 saturated heterocycles. The lowest BCUT2D eigenvalue weighted by molar-refractivity contribution is 0.560. The first-order valence-corrected chi connectivity index (χ1v) is 7.38. The molecule has 0 aliphatic rings. The van der Waals surface area contributed by atoms with Crippen LogP contribution in [-0.2, 0) is 6.42 Å². The van der Waals surface area contributed by atoms with E-state index in [1.54, 1.807) is 28.9 Å². The molecule has 1 unspecified atom stereocenters. The summed E-state index contributed by atoms with van der Waals surface area (Å²) in [7, 11) is 0. The first-order chi connectivity index (χ1) is 8.86. The fourth-order valence-electron chi connectivity index (χ4n) is 1.95. The second-order valence-corrected chi connectivity index (χ2v) is 6.15. The van der Waals surface area contributed by atoms with E-state index in [9.17, 15) is 0 Å². The van der Waals surface area contributed by atoms with Gasteiger partial charge in [-0.3, -0.25) is 16.3 Å². The van der Waals surface area contributed by atoms with Crippen molar-refractivity contribution in [2.24, 2.45) is 5.84 Å². The maximum Gasteiger partial charge on any atom is 0.0594 e. The molecule has 3 N–H and O–H groups in total. The van der Waals surface area contributed by atoms with Crippen LogP contribution >= 0.6 is 22.7 Å². The summed E-state index contributed by atoms with van der Waals surface area (Å²) < 4.78 is 2.67. The summed E-state index contributed by atoms with van der Waals surface area (Å²) in [5, 5.41) is 2.12. The maximum atomic E-state index is 5.68. The van der Waals surface area contributed by atoms with Crippen LogP contribution in [0, 0.1) is 0 Å². The predicted molar refractivity (Wildman–Crippen MR) is 77.7 cm³/mol. The summed E-state index contributed by atoms with van der Waals surface area (Å²) in [5.41, 5.74) is 4.10. The molecule has 0 aliphatic heterocycles. The fraction of sp³-hybridized carbons (Fsp3) is 0.154. The first kappa shape index (κ1) is 11.8. The molecular formula is C13H13N3S2. The smallest absolute Gasteiger partial charge is 0.0594 e. The largest absolute Gasteiger partial charge is 0.271 e. The molecule has 0 bridgehead atoms. The number of rotatable bonds is 4. The molecule has 0 saturated carbocycles. The Kier molecular flexibility index (Phi) is 3.38. The predicted octanol–water partition coefficient (Wildman–Crippen LogP) is 3.10. The molecule has 1 atom stereocenters. The van der Waals surface area contributed by atoms with Crippen LogP contribution in [0.1, 0.15) is 16.5 Å². The van der Waals surface area contributed by atoms with Crippen molar-refractivity contribution in [3.63, 3.8) is 0 Å². The van der Waals surface area contributed by atoms with Gasteiger partial charge in [-0.15, -0.1) is 22.7 Å². The van der Waals surface area contributed by atoms with E-state index in [1.165, 1.54) is 19.8 Å². The van der Waals surface area contributed by atoms with Crippen molar-refractivity contribution in [2.45, 2.75) is 12.5 Å². The van der Waals surface area contributed by atoms with Gasteiger partial charge in [-0.05, 0) is 35.6 Å². The maximum absolute atomic E-state index is 5.68. The number of pyridine rings is 1. The van der Waals surface area contributed by atoms with Crippen LogP contribution in [0.3, 0.4) is 0 Å². The zero-order valence-corrected chi connectivity index (χ0v) is 11.3. The number of nitrogens with zero attached hydrogens (tertiary/aromatic N) is 1. The van der Waals surface area contributed by atoms with Gasteiger partial charge in [0.25, 0.3) is 0 Å². The van der Waals surface area contributed by atoms with Crippen LogP contribution in [0.15, 0.2) is 42.0 Å². The highest BCUT2D eigenvalue weighted by Gasteiger charge is 2.14. The summed E-state index contributed by atoms with van der Waals surface area (Å²) in [6, 6.07) is 8.57. The van der Waals surface area contributed by atoms with E-state index >= 15 is 0 Å². The lowest BCUT2D eigenvalue weighted by atomic mass is 10.1. The molecule has 3 nitrogen and oxygen atoms in total. The molecule has 5 heteroatoms. The van der Waals surface area contributed by atoms with Crippen molar-refractivity contribution < 1.29 is 0 Å². The zero-order valence-electron chi connectivity index (χ0n) is 9.67. The van der Waals surface area contributed by atoms with Crippen molar-refractivity contribution in [1.82, 2.24) is 10.4 Å². The summed E-state index contributed by atoms with van der Waals surface area (Å²) >= 11 is 3.58. The van der Waals surface area contributed by atoms with Crippen LogP contribution in [-0.4, -0.2) is 4.98 Å². The Bertz CT molecular complexity index is 601. The summed E-state index contributed by atoms with van der Waals surface area (Å²) in [6.07, 6.45) is 4.54. The molecule has 0 fully saturated rings. The quantitative estimate of drug-likeness (QED) is 0.568. The fourth-order valence-corrected chi connectivity index (χ4v) is 4.13. The minimum absolute atomic E-state index is 0.152. The number of hydrogen-bond acceptors (Lipinski definition) is 5. The summed E-state index contributed by atoms with van der Waals surface area (Å²) in [5.74, 6) is 5.68. The van der Waals surface area contributed by atoms with Crippen molar-refractivity contribution in [3.05, 3.63) is 52.5 Å². The van der Waals surface area contributed by atoms with Gasteiger partial charge in [0.05, 0.1) is 6.04 Å². The van der Waals surface area contributed by atoms with Crippen molar-refractivity contribution in [1.29, 1.82) is 0 Å². The van der Waals surface area contributed by atoms with Gasteiger partial charge >= 0.3 is 0 Å². The molecule has 3 aromatic rings. The van der Waals surface area contributed by atoms with Crippen molar-refractivity contribution >= 4 is 32.1 Å². The third-order valence-electron chi connectivity index (χ3n) is 2.87. The average Bonchev–Trinajstić information content (AvgIpc) is 2.98. The second-order valence-electron chi connectivity index (χ2n) is 4.08. The lowest BCUT2D eigenvalue weighted by Crippen LogP contribution is -2.28. The SMILES string of the molecule is NNC(Cc1cccnc1)c1cc2sccc2s1. The average molecular weight is 275 g/mol. The van der Waals surface area contributed by atoms with E-state index in [-0.39, 0.29) is 6.04 Å². The van der Waals surface area contributed by atoms with Gasteiger partial charge in [0.1, 0.15) is 0 Å². The van der Waals surface area contributed by atoms with Gasteiger partial charge in [-0.2, -0.15) is 0 Å². The van der Waals surface area contributed by atoms with Gasteiger partial charge in [0, 0.05) is 26.7 Å². The number of nitrogens with one attached hydrogen (secondary N) is 1. The lowest BCUT2D eigenvalue weighted by Gasteiger charge is -2.13. The minimum atomic E-state index is 0.152. The Labute approximate surface area is 113 Å². The van der Waals surface area contributed by atoms with E-state index in [1.807, 2.05) is 12.3 Å². The standard InChI is InChI=1S/C13H13N3S2/c14-16-10(6-9-2-1-4-15-8-9)12-7-13-11(18-12)3-5-17-13/h1-5,7-8,10,16H,6,14H2. The van der Waals surface area contributed by atoms with Crippen LogP contribution in [0.25, 0.3) is 9.40 Å². The van der Waals surface area contributed by atoms with Crippen molar-refractivity contribution in [3.8, 4) is 0 Å². The Balaban J connectivity index is 1.86. The normalized spacial score (nSPS) is 12.9. The van der Waals surface area contributed by atoms with Crippen LogP contribution in [0.4, 0.5) is 0 Å². The number of hydrazine groups is 1. The summed E-state index contributed by atoms with van der Waals surface area (Å²) in [6.45, 7) is 0. The van der Waals surface area contributed by atoms with E-state index in [4.69, 9.17) is 5.84 Å². The Morgan fingerprint density at radius 1 is 1.33 bits per heavy atom. The number of aromatic nitrogens is 1. The Morgan fingerprint density at radius 2 is 2.28 bits per heavy atom. The molecule has 92 valence electrons. The minimum Gasteiger partial charge on any atom is -0.271 e. The molecule has 3 rings (SSSR count). The number of nitrogens with two attached hydrogens (primary N) is 1. The van der Waals surface area contributed by atoms with Gasteiger partial charge in [-0.1, -0.05) is 6.07 Å². The molecule has 0 amide bonds. The molecule has 18 heavy (non-hydrogen) atoms. The molecular weight excluding hydrogens is 262 g/mol. The monoisotopic (exact) mass is 275 g/mol. The highest BCUT2D eigenvalue weighted by Crippen LogP contribution is 2.34. The first-order valence-electron chi connectivity index (χ1n) is 5.69. The van der Waals surface area contributed by atoms with E-state index < -0.39 is 0 Å². The van der Waals surface area contributed by atoms with Gasteiger partial charge in [0.2, 0.25) is 0 Å². The Hall–Kier alpha value is -1.27. The molecule has 3 aromatic heterocycles. The van der Waals surface area contributed by atoms with Gasteiger partial charge in [-0.25, -0.2) is 0 Å². The van der Waals surface area contributed by atoms with E-state index in [0.29, 0.717) is 0 Å². The van der Waals surface area contributed by atoms with Crippen LogP contribution in [0.2, 0.25) is 0 Å². The molecule has 0 aliphatic carbocycles. The van der Waals surface area contributed by atoms with E-state index in [2.05, 4.69) is 34.0 Å². The highest BCUT2D eigenvalue weighted by molar-refractivity contribution is 7.26. The van der Waals surface area contributed by atoms with Crippen LogP contribution < -0.4 is 11.3 Å². The number of thiophene rings is 2. The molecule has 0 spiro atoms. The topological polar surface area (TPSA) is 50.9 Å². The molecule has 0 radical (unpaired) electrons. The second kappa shape index (κ2) is 5.16. The van der Waals surface area contributed by atoms with Gasteiger partial charge < -0.3 is 0 Å². The summed E-state index contributed by atoms with van der Waals surface area (Å²) in [4.78, 5) is 5.42. The van der Waals surface area contributed by atoms with Gasteiger partial charge in [0.15, 0.2) is 0 Å². The van der Waals surface area contributed by atoms with E-state index in [0.717, 1.165) is 6.42 Å². The third-order valence-corrected chi connectivity index (χ3v) is 5.07. The third kappa shape index (κ3) is 2.30. The zero-order chi connectivity index (χ0) is 12.4. The molecule has 0 aromatic carbocycles. The number of fused-ring (bicyclic) bond motifs is 1.